The van der Waals surface area contributed by atoms with Crippen molar-refractivity contribution in [2.45, 2.75) is 11.4 Å². The Morgan fingerprint density at radius 2 is 1.61 bits per heavy atom. The summed E-state index contributed by atoms with van der Waals surface area (Å²) in [5.41, 5.74) is 9.86. The molecular formula is C26H22N2O2S. The second-order valence-electron chi connectivity index (χ2n) is 7.00. The summed E-state index contributed by atoms with van der Waals surface area (Å²) in [5, 5.41) is 2.94. The Morgan fingerprint density at radius 3 is 2.39 bits per heavy atom. The predicted molar refractivity (Wildman–Crippen MR) is 128 cm³/mol. The number of benzene rings is 4. The fraction of sp³-hybridized carbons (Fsp3) is 0.0385. The van der Waals surface area contributed by atoms with Crippen molar-refractivity contribution < 1.29 is 9.53 Å². The number of thiol groups is 1. The number of para-hydroxylation sites is 2. The number of carbonyl (C=O) groups excluding carboxylic acids is 1. The fourth-order valence-corrected chi connectivity index (χ4v) is 3.52. The van der Waals surface area contributed by atoms with Crippen LogP contribution in [0.2, 0.25) is 0 Å². The van der Waals surface area contributed by atoms with Gasteiger partial charge in [-0.25, -0.2) is 0 Å². The van der Waals surface area contributed by atoms with Crippen LogP contribution in [0.15, 0.2) is 102 Å². The SMILES string of the molecule is NCc1cccc(Oc2ccccc2NC(=O)c2ccc(-c3ccccc3S)cc2)c1. The van der Waals surface area contributed by atoms with E-state index in [-0.39, 0.29) is 5.91 Å². The zero-order valence-electron chi connectivity index (χ0n) is 16.8. The van der Waals surface area contributed by atoms with Gasteiger partial charge in [0.25, 0.3) is 5.91 Å². The maximum absolute atomic E-state index is 12.8. The highest BCUT2D eigenvalue weighted by molar-refractivity contribution is 7.80. The molecule has 0 aromatic heterocycles. The van der Waals surface area contributed by atoms with Gasteiger partial charge in [0, 0.05) is 17.0 Å². The third kappa shape index (κ3) is 4.97. The third-order valence-corrected chi connectivity index (χ3v) is 5.25. The number of nitrogens with one attached hydrogen (secondary N) is 1. The number of rotatable bonds is 6. The minimum Gasteiger partial charge on any atom is -0.455 e. The second kappa shape index (κ2) is 9.51. The zero-order valence-corrected chi connectivity index (χ0v) is 17.7. The van der Waals surface area contributed by atoms with E-state index in [1.54, 1.807) is 12.1 Å². The number of ether oxygens (including phenoxy) is 1. The first-order chi connectivity index (χ1) is 15.1. The van der Waals surface area contributed by atoms with Crippen LogP contribution >= 0.6 is 12.6 Å². The average molecular weight is 427 g/mol. The molecule has 5 heteroatoms. The van der Waals surface area contributed by atoms with E-state index >= 15 is 0 Å². The standard InChI is InChI=1S/C26H22N2O2S/c27-17-18-6-5-7-21(16-18)30-24-10-3-2-9-23(24)28-26(29)20-14-12-19(13-15-20)22-8-1-4-11-25(22)31/h1-16,31H,17,27H2,(H,28,29). The summed E-state index contributed by atoms with van der Waals surface area (Å²) in [6.45, 7) is 0.434. The molecule has 154 valence electrons. The molecule has 0 aliphatic carbocycles. The van der Waals surface area contributed by atoms with Crippen LogP contribution in [0.5, 0.6) is 11.5 Å². The van der Waals surface area contributed by atoms with Crippen molar-refractivity contribution in [3.05, 3.63) is 108 Å². The number of amides is 1. The summed E-state index contributed by atoms with van der Waals surface area (Å²) in [6, 6.07) is 30.2. The summed E-state index contributed by atoms with van der Waals surface area (Å²) in [6.07, 6.45) is 0. The molecule has 0 saturated carbocycles. The van der Waals surface area contributed by atoms with Crippen molar-refractivity contribution in [2.24, 2.45) is 5.73 Å². The van der Waals surface area contributed by atoms with E-state index in [0.29, 0.717) is 29.3 Å². The average Bonchev–Trinajstić information content (AvgIpc) is 2.81. The summed E-state index contributed by atoms with van der Waals surface area (Å²) >= 11 is 4.51. The molecule has 0 heterocycles. The van der Waals surface area contributed by atoms with Crippen LogP contribution in [0.4, 0.5) is 5.69 Å². The van der Waals surface area contributed by atoms with Gasteiger partial charge in [0.15, 0.2) is 5.75 Å². The van der Waals surface area contributed by atoms with Gasteiger partial charge in [-0.15, -0.1) is 12.6 Å². The third-order valence-electron chi connectivity index (χ3n) is 4.86. The van der Waals surface area contributed by atoms with E-state index in [9.17, 15) is 4.79 Å². The predicted octanol–water partition coefficient (Wildman–Crippen LogP) is 6.15. The first-order valence-electron chi connectivity index (χ1n) is 9.90. The van der Waals surface area contributed by atoms with Gasteiger partial charge in [0.2, 0.25) is 0 Å². The molecule has 3 N–H and O–H groups in total. The Hall–Kier alpha value is -3.54. The maximum Gasteiger partial charge on any atom is 0.255 e. The lowest BCUT2D eigenvalue weighted by Crippen LogP contribution is -2.12. The largest absolute Gasteiger partial charge is 0.455 e. The quantitative estimate of drug-likeness (QED) is 0.324. The number of carbonyl (C=O) groups is 1. The van der Waals surface area contributed by atoms with Gasteiger partial charge in [0.05, 0.1) is 5.69 Å². The van der Waals surface area contributed by atoms with Crippen molar-refractivity contribution in [1.82, 2.24) is 0 Å². The molecule has 0 radical (unpaired) electrons. The molecule has 0 aliphatic rings. The first kappa shape index (κ1) is 20.7. The van der Waals surface area contributed by atoms with E-state index in [2.05, 4.69) is 17.9 Å². The highest BCUT2D eigenvalue weighted by Gasteiger charge is 2.11. The van der Waals surface area contributed by atoms with Gasteiger partial charge in [-0.1, -0.05) is 54.6 Å². The first-order valence-corrected chi connectivity index (χ1v) is 10.3. The van der Waals surface area contributed by atoms with Crippen molar-refractivity contribution in [3.8, 4) is 22.6 Å². The molecule has 0 saturated heterocycles. The molecule has 0 aliphatic heterocycles. The van der Waals surface area contributed by atoms with Gasteiger partial charge < -0.3 is 15.8 Å². The zero-order chi connectivity index (χ0) is 21.6. The molecule has 0 unspecified atom stereocenters. The topological polar surface area (TPSA) is 64.3 Å². The molecule has 4 nitrogen and oxygen atoms in total. The van der Waals surface area contributed by atoms with Gasteiger partial charge in [-0.05, 0) is 59.2 Å². The van der Waals surface area contributed by atoms with Gasteiger partial charge in [-0.3, -0.25) is 4.79 Å². The summed E-state index contributed by atoms with van der Waals surface area (Å²) in [7, 11) is 0. The number of nitrogens with two attached hydrogens (primary N) is 1. The Balaban J connectivity index is 1.52. The Bertz CT molecular complexity index is 1210. The highest BCUT2D eigenvalue weighted by Crippen LogP contribution is 2.31. The van der Waals surface area contributed by atoms with Crippen LogP contribution in [0, 0.1) is 0 Å². The molecule has 4 aromatic rings. The van der Waals surface area contributed by atoms with E-state index in [4.69, 9.17) is 10.5 Å². The van der Waals surface area contributed by atoms with Crippen molar-refractivity contribution in [3.63, 3.8) is 0 Å². The van der Waals surface area contributed by atoms with Crippen molar-refractivity contribution in [2.75, 3.05) is 5.32 Å². The van der Waals surface area contributed by atoms with Gasteiger partial charge in [0.1, 0.15) is 5.75 Å². The van der Waals surface area contributed by atoms with Crippen LogP contribution < -0.4 is 15.8 Å². The fourth-order valence-electron chi connectivity index (χ4n) is 3.24. The highest BCUT2D eigenvalue weighted by atomic mass is 32.1. The molecule has 0 bridgehead atoms. The van der Waals surface area contributed by atoms with E-state index in [1.165, 1.54) is 0 Å². The lowest BCUT2D eigenvalue weighted by Gasteiger charge is -2.13. The van der Waals surface area contributed by atoms with Gasteiger partial charge >= 0.3 is 0 Å². The smallest absolute Gasteiger partial charge is 0.255 e. The Labute approximate surface area is 187 Å². The molecule has 0 fully saturated rings. The van der Waals surface area contributed by atoms with E-state index < -0.39 is 0 Å². The molecule has 1 amide bonds. The van der Waals surface area contributed by atoms with Crippen molar-refractivity contribution in [1.29, 1.82) is 0 Å². The molecule has 4 aromatic carbocycles. The second-order valence-corrected chi connectivity index (χ2v) is 7.48. The van der Waals surface area contributed by atoms with E-state index in [0.717, 1.165) is 21.6 Å². The Morgan fingerprint density at radius 1 is 0.871 bits per heavy atom. The molecule has 0 spiro atoms. The van der Waals surface area contributed by atoms with Crippen molar-refractivity contribution >= 4 is 24.2 Å². The van der Waals surface area contributed by atoms with Crippen LogP contribution in [-0.4, -0.2) is 5.91 Å². The lowest BCUT2D eigenvalue weighted by molar-refractivity contribution is 0.102. The summed E-state index contributed by atoms with van der Waals surface area (Å²) in [4.78, 5) is 13.7. The van der Waals surface area contributed by atoms with E-state index in [1.807, 2.05) is 84.9 Å². The molecule has 4 rings (SSSR count). The summed E-state index contributed by atoms with van der Waals surface area (Å²) < 4.78 is 6.00. The minimum atomic E-state index is -0.211. The number of anilines is 1. The summed E-state index contributed by atoms with van der Waals surface area (Å²) in [5.74, 6) is 1.02. The Kier molecular flexibility index (Phi) is 6.36. The van der Waals surface area contributed by atoms with Crippen LogP contribution in [0.3, 0.4) is 0 Å². The lowest BCUT2D eigenvalue weighted by atomic mass is 10.0. The van der Waals surface area contributed by atoms with Crippen LogP contribution in [-0.2, 0) is 6.54 Å². The monoisotopic (exact) mass is 426 g/mol. The normalized spacial score (nSPS) is 10.5. The van der Waals surface area contributed by atoms with Crippen LogP contribution in [0.1, 0.15) is 15.9 Å². The number of hydrogen-bond donors (Lipinski definition) is 3. The molecular weight excluding hydrogens is 404 g/mol. The van der Waals surface area contributed by atoms with Crippen LogP contribution in [0.25, 0.3) is 11.1 Å². The molecule has 0 atom stereocenters. The number of hydrogen-bond acceptors (Lipinski definition) is 4. The van der Waals surface area contributed by atoms with Gasteiger partial charge in [-0.2, -0.15) is 0 Å². The minimum absolute atomic E-state index is 0.211. The molecule has 31 heavy (non-hydrogen) atoms. The maximum atomic E-state index is 12.8.